The molecule has 2 atom stereocenters. The summed E-state index contributed by atoms with van der Waals surface area (Å²) in [7, 11) is 1.66. The number of hydrogen-bond acceptors (Lipinski definition) is 3. The molecule has 0 aliphatic carbocycles. The molecular formula is C8H15ClO3. The van der Waals surface area contributed by atoms with E-state index in [9.17, 15) is 0 Å². The van der Waals surface area contributed by atoms with Crippen molar-refractivity contribution in [3.63, 3.8) is 0 Å². The van der Waals surface area contributed by atoms with Gasteiger partial charge in [0.2, 0.25) is 0 Å². The van der Waals surface area contributed by atoms with Gasteiger partial charge in [0, 0.05) is 13.5 Å². The predicted octanol–water partition coefficient (Wildman–Crippen LogP) is 1.39. The fourth-order valence-corrected chi connectivity index (χ4v) is 1.34. The lowest BCUT2D eigenvalue weighted by Gasteiger charge is -2.22. The minimum atomic E-state index is -0.491. The Morgan fingerprint density at radius 2 is 2.42 bits per heavy atom. The van der Waals surface area contributed by atoms with Gasteiger partial charge in [-0.3, -0.25) is 0 Å². The molecule has 0 aromatic rings. The average Bonchev–Trinajstić information content (AvgIpc) is 2.45. The molecule has 1 aliphatic rings. The van der Waals surface area contributed by atoms with Gasteiger partial charge < -0.3 is 14.2 Å². The van der Waals surface area contributed by atoms with Crippen LogP contribution in [0.3, 0.4) is 0 Å². The first-order valence-electron chi connectivity index (χ1n) is 4.07. The molecule has 2 unspecified atom stereocenters. The van der Waals surface area contributed by atoms with Crippen molar-refractivity contribution in [1.29, 1.82) is 0 Å². The molecule has 0 saturated carbocycles. The lowest BCUT2D eigenvalue weighted by Crippen LogP contribution is -2.28. The van der Waals surface area contributed by atoms with Gasteiger partial charge in [-0.1, -0.05) is 0 Å². The van der Waals surface area contributed by atoms with Gasteiger partial charge in [0.1, 0.15) is 0 Å². The summed E-state index contributed by atoms with van der Waals surface area (Å²) in [5.74, 6) is -0.00185. The van der Waals surface area contributed by atoms with Crippen molar-refractivity contribution in [1.82, 2.24) is 0 Å². The standard InChI is InChI=1S/C8H15ClO3/c1-8(3-4-10-2)11-6-7(5-9)12-8/h7H,3-6H2,1-2H3. The summed E-state index contributed by atoms with van der Waals surface area (Å²) in [5, 5.41) is 0. The van der Waals surface area contributed by atoms with E-state index in [0.29, 0.717) is 19.1 Å². The van der Waals surface area contributed by atoms with Crippen LogP contribution in [0.4, 0.5) is 0 Å². The largest absolute Gasteiger partial charge is 0.384 e. The molecule has 1 rings (SSSR count). The average molecular weight is 195 g/mol. The second kappa shape index (κ2) is 4.42. The molecule has 1 fully saturated rings. The van der Waals surface area contributed by atoms with Crippen LogP contribution in [0.25, 0.3) is 0 Å². The first-order valence-corrected chi connectivity index (χ1v) is 4.60. The van der Waals surface area contributed by atoms with Crippen LogP contribution < -0.4 is 0 Å². The van der Waals surface area contributed by atoms with Crippen LogP contribution in [0.15, 0.2) is 0 Å². The molecule has 1 aliphatic heterocycles. The fraction of sp³-hybridized carbons (Fsp3) is 1.00. The zero-order chi connectivity index (χ0) is 9.03. The fourth-order valence-electron chi connectivity index (χ4n) is 1.18. The van der Waals surface area contributed by atoms with E-state index in [1.54, 1.807) is 7.11 Å². The Morgan fingerprint density at radius 3 is 2.92 bits per heavy atom. The van der Waals surface area contributed by atoms with Crippen LogP contribution >= 0.6 is 11.6 Å². The Hall–Kier alpha value is 0.170. The molecule has 1 heterocycles. The van der Waals surface area contributed by atoms with E-state index < -0.39 is 5.79 Å². The quantitative estimate of drug-likeness (QED) is 0.634. The van der Waals surface area contributed by atoms with Gasteiger partial charge in [0.25, 0.3) is 0 Å². The number of hydrogen-bond donors (Lipinski definition) is 0. The van der Waals surface area contributed by atoms with E-state index in [0.717, 1.165) is 6.42 Å². The van der Waals surface area contributed by atoms with Gasteiger partial charge in [-0.15, -0.1) is 11.6 Å². The maximum absolute atomic E-state index is 5.63. The first-order chi connectivity index (χ1) is 5.70. The minimum Gasteiger partial charge on any atom is -0.384 e. The van der Waals surface area contributed by atoms with Gasteiger partial charge in [-0.2, -0.15) is 0 Å². The Morgan fingerprint density at radius 1 is 1.67 bits per heavy atom. The molecule has 0 aromatic heterocycles. The van der Waals surface area contributed by atoms with Crippen LogP contribution in [-0.4, -0.2) is 38.1 Å². The molecule has 0 spiro atoms. The molecule has 12 heavy (non-hydrogen) atoms. The van der Waals surface area contributed by atoms with Crippen molar-refractivity contribution in [2.75, 3.05) is 26.2 Å². The first kappa shape index (κ1) is 10.3. The molecule has 0 aromatic carbocycles. The summed E-state index contributed by atoms with van der Waals surface area (Å²) in [5.41, 5.74) is 0. The summed E-state index contributed by atoms with van der Waals surface area (Å²) in [6.07, 6.45) is 0.783. The normalized spacial score (nSPS) is 35.8. The Bertz CT molecular complexity index is 142. The zero-order valence-corrected chi connectivity index (χ0v) is 8.26. The van der Waals surface area contributed by atoms with Crippen molar-refractivity contribution < 1.29 is 14.2 Å². The number of halogens is 1. The highest BCUT2D eigenvalue weighted by atomic mass is 35.5. The SMILES string of the molecule is COCCC1(C)OCC(CCl)O1. The molecule has 0 bridgehead atoms. The van der Waals surface area contributed by atoms with E-state index in [2.05, 4.69) is 0 Å². The molecule has 1 saturated heterocycles. The van der Waals surface area contributed by atoms with Gasteiger partial charge >= 0.3 is 0 Å². The van der Waals surface area contributed by atoms with Gasteiger partial charge in [0.15, 0.2) is 5.79 Å². The number of alkyl halides is 1. The zero-order valence-electron chi connectivity index (χ0n) is 7.51. The molecule has 0 radical (unpaired) electrons. The van der Waals surface area contributed by atoms with Crippen LogP contribution in [0, 0.1) is 0 Å². The van der Waals surface area contributed by atoms with Crippen molar-refractivity contribution in [2.45, 2.75) is 25.2 Å². The third kappa shape index (κ3) is 2.59. The molecule has 72 valence electrons. The van der Waals surface area contributed by atoms with Crippen molar-refractivity contribution in [2.24, 2.45) is 0 Å². The minimum absolute atomic E-state index is 0.0357. The highest BCUT2D eigenvalue weighted by Crippen LogP contribution is 2.26. The monoisotopic (exact) mass is 194 g/mol. The van der Waals surface area contributed by atoms with E-state index in [-0.39, 0.29) is 6.10 Å². The Kier molecular flexibility index (Phi) is 3.77. The topological polar surface area (TPSA) is 27.7 Å². The highest BCUT2D eigenvalue weighted by Gasteiger charge is 2.36. The van der Waals surface area contributed by atoms with Crippen LogP contribution in [-0.2, 0) is 14.2 Å². The van der Waals surface area contributed by atoms with Crippen molar-refractivity contribution in [3.05, 3.63) is 0 Å². The van der Waals surface area contributed by atoms with E-state index in [1.807, 2.05) is 6.92 Å². The molecular weight excluding hydrogens is 180 g/mol. The summed E-state index contributed by atoms with van der Waals surface area (Å²) in [6, 6.07) is 0. The van der Waals surface area contributed by atoms with E-state index in [4.69, 9.17) is 25.8 Å². The lowest BCUT2D eigenvalue weighted by atomic mass is 10.2. The second-order valence-electron chi connectivity index (χ2n) is 3.08. The van der Waals surface area contributed by atoms with E-state index >= 15 is 0 Å². The summed E-state index contributed by atoms with van der Waals surface area (Å²) in [4.78, 5) is 0. The predicted molar refractivity (Wildman–Crippen MR) is 46.4 cm³/mol. The third-order valence-corrected chi connectivity index (χ3v) is 2.27. The van der Waals surface area contributed by atoms with Crippen LogP contribution in [0.2, 0.25) is 0 Å². The maximum Gasteiger partial charge on any atom is 0.168 e. The second-order valence-corrected chi connectivity index (χ2v) is 3.39. The third-order valence-electron chi connectivity index (χ3n) is 1.92. The van der Waals surface area contributed by atoms with Crippen molar-refractivity contribution in [3.8, 4) is 0 Å². The number of rotatable bonds is 4. The van der Waals surface area contributed by atoms with Crippen LogP contribution in [0.5, 0.6) is 0 Å². The Balaban J connectivity index is 2.31. The lowest BCUT2D eigenvalue weighted by molar-refractivity contribution is -0.162. The van der Waals surface area contributed by atoms with E-state index in [1.165, 1.54) is 0 Å². The maximum atomic E-state index is 5.63. The summed E-state index contributed by atoms with van der Waals surface area (Å²) in [6.45, 7) is 3.15. The van der Waals surface area contributed by atoms with Crippen LogP contribution in [0.1, 0.15) is 13.3 Å². The van der Waals surface area contributed by atoms with Crippen molar-refractivity contribution >= 4 is 11.6 Å². The Labute approximate surface area is 77.9 Å². The number of methoxy groups -OCH3 is 1. The molecule has 0 N–H and O–H groups in total. The summed E-state index contributed by atoms with van der Waals surface area (Å²) < 4.78 is 16.0. The van der Waals surface area contributed by atoms with Gasteiger partial charge in [-0.25, -0.2) is 0 Å². The molecule has 3 nitrogen and oxygen atoms in total. The van der Waals surface area contributed by atoms with Gasteiger partial charge in [0.05, 0.1) is 25.2 Å². The highest BCUT2D eigenvalue weighted by molar-refractivity contribution is 6.18. The smallest absolute Gasteiger partial charge is 0.168 e. The summed E-state index contributed by atoms with van der Waals surface area (Å²) >= 11 is 5.63. The molecule has 4 heteroatoms. The number of ether oxygens (including phenoxy) is 3. The molecule has 0 amide bonds. The van der Waals surface area contributed by atoms with Gasteiger partial charge in [-0.05, 0) is 6.92 Å².